The van der Waals surface area contributed by atoms with Crippen LogP contribution in [0.4, 0.5) is 0 Å². The quantitative estimate of drug-likeness (QED) is 0.616. The molecule has 0 aromatic heterocycles. The normalized spacial score (nSPS) is 31.1. The third kappa shape index (κ3) is 1.91. The Morgan fingerprint density at radius 3 is 2.79 bits per heavy atom. The average molecular weight is 194 g/mol. The molecule has 0 aliphatic carbocycles. The van der Waals surface area contributed by atoms with Gasteiger partial charge >= 0.3 is 0 Å². The van der Waals surface area contributed by atoms with E-state index in [0.717, 1.165) is 13.1 Å². The summed E-state index contributed by atoms with van der Waals surface area (Å²) in [5.74, 6) is 5.58. The lowest BCUT2D eigenvalue weighted by Gasteiger charge is -2.25. The lowest BCUT2D eigenvalue weighted by molar-refractivity contribution is -0.124. The molecule has 1 heterocycles. The Morgan fingerprint density at radius 2 is 2.36 bits per heavy atom. The van der Waals surface area contributed by atoms with Gasteiger partial charge in [0.1, 0.15) is 0 Å². The first kappa shape index (κ1) is 11.1. The largest absolute Gasteiger partial charge is 0.331 e. The van der Waals surface area contributed by atoms with Crippen molar-refractivity contribution >= 4 is 5.91 Å². The highest BCUT2D eigenvalue weighted by molar-refractivity contribution is 5.93. The van der Waals surface area contributed by atoms with Crippen molar-refractivity contribution in [2.45, 2.75) is 20.8 Å². The summed E-state index contributed by atoms with van der Waals surface area (Å²) in [6, 6.07) is 0. The Bertz CT molecular complexity index is 289. The molecule has 3 heteroatoms. The summed E-state index contributed by atoms with van der Waals surface area (Å²) in [7, 11) is 0. The second-order valence-corrected chi connectivity index (χ2v) is 4.32. The zero-order chi connectivity index (χ0) is 10.8. The zero-order valence-corrected chi connectivity index (χ0v) is 9.13. The van der Waals surface area contributed by atoms with Crippen molar-refractivity contribution in [3.63, 3.8) is 0 Å². The van der Waals surface area contributed by atoms with E-state index in [-0.39, 0.29) is 11.3 Å². The molecule has 0 spiro atoms. The number of nitrogens with zero attached hydrogens (tertiary/aromatic N) is 1. The van der Waals surface area contributed by atoms with Crippen LogP contribution in [-0.4, -0.2) is 30.4 Å². The molecular weight excluding hydrogens is 176 g/mol. The van der Waals surface area contributed by atoms with Crippen molar-refractivity contribution in [3.05, 3.63) is 0 Å². The number of rotatable bonds is 1. The molecule has 0 radical (unpaired) electrons. The summed E-state index contributed by atoms with van der Waals surface area (Å²) >= 11 is 0. The van der Waals surface area contributed by atoms with Crippen LogP contribution in [0.3, 0.4) is 0 Å². The molecule has 3 nitrogen and oxygen atoms in total. The minimum atomic E-state index is -0.0727. The van der Waals surface area contributed by atoms with Crippen molar-refractivity contribution in [2.75, 3.05) is 19.6 Å². The van der Waals surface area contributed by atoms with E-state index in [2.05, 4.69) is 25.7 Å². The number of carbonyl (C=O) groups excluding carboxylic acids is 1. The molecule has 0 aromatic rings. The maximum Gasteiger partial charge on any atom is 0.298 e. The van der Waals surface area contributed by atoms with E-state index >= 15 is 0 Å². The van der Waals surface area contributed by atoms with Crippen LogP contribution in [0.5, 0.6) is 0 Å². The number of hydrogen-bond acceptors (Lipinski definition) is 2. The van der Waals surface area contributed by atoms with E-state index in [9.17, 15) is 4.79 Å². The molecule has 1 fully saturated rings. The van der Waals surface area contributed by atoms with Crippen LogP contribution in [-0.2, 0) is 4.79 Å². The first-order valence-electron chi connectivity index (χ1n) is 4.95. The fourth-order valence-corrected chi connectivity index (χ4v) is 1.81. The molecule has 1 aliphatic rings. The van der Waals surface area contributed by atoms with Gasteiger partial charge in [0.2, 0.25) is 0 Å². The number of hydrogen-bond donors (Lipinski definition) is 1. The monoisotopic (exact) mass is 194 g/mol. The van der Waals surface area contributed by atoms with Crippen LogP contribution >= 0.6 is 0 Å². The van der Waals surface area contributed by atoms with Crippen molar-refractivity contribution in [3.8, 4) is 11.8 Å². The average Bonchev–Trinajstić information content (AvgIpc) is 2.45. The summed E-state index contributed by atoms with van der Waals surface area (Å²) in [6.45, 7) is 8.08. The van der Waals surface area contributed by atoms with Crippen LogP contribution in [0.1, 0.15) is 20.8 Å². The minimum absolute atomic E-state index is 0.0606. The van der Waals surface area contributed by atoms with Gasteiger partial charge in [-0.15, -0.1) is 0 Å². The minimum Gasteiger partial charge on any atom is -0.331 e. The second kappa shape index (κ2) is 4.02. The molecule has 1 aliphatic heterocycles. The van der Waals surface area contributed by atoms with Crippen molar-refractivity contribution in [2.24, 2.45) is 17.1 Å². The number of nitrogens with two attached hydrogens (primary N) is 1. The third-order valence-electron chi connectivity index (χ3n) is 3.22. The molecule has 0 saturated carbocycles. The molecule has 78 valence electrons. The van der Waals surface area contributed by atoms with Gasteiger partial charge in [0, 0.05) is 18.5 Å². The maximum absolute atomic E-state index is 11.5. The van der Waals surface area contributed by atoms with E-state index < -0.39 is 0 Å². The number of likely N-dealkylation sites (tertiary alicyclic amines) is 1. The topological polar surface area (TPSA) is 46.3 Å². The smallest absolute Gasteiger partial charge is 0.298 e. The van der Waals surface area contributed by atoms with E-state index in [1.54, 1.807) is 11.8 Å². The first-order valence-corrected chi connectivity index (χ1v) is 4.95. The SMILES string of the molecule is CC#CC(=O)N1CC(C)C(C)(CN)C1. The Kier molecular flexibility index (Phi) is 3.17. The Labute approximate surface area is 85.6 Å². The van der Waals surface area contributed by atoms with Crippen LogP contribution in [0, 0.1) is 23.2 Å². The van der Waals surface area contributed by atoms with Crippen molar-refractivity contribution in [1.82, 2.24) is 4.90 Å². The molecule has 0 bridgehead atoms. The van der Waals surface area contributed by atoms with Crippen LogP contribution in [0.2, 0.25) is 0 Å². The molecule has 2 unspecified atom stereocenters. The standard InChI is InChI=1S/C11H18N2O/c1-4-5-10(14)13-6-9(2)11(3,7-12)8-13/h9H,6-8,12H2,1-3H3. The highest BCUT2D eigenvalue weighted by Gasteiger charge is 2.40. The van der Waals surface area contributed by atoms with Gasteiger partial charge in [0.25, 0.3) is 5.91 Å². The second-order valence-electron chi connectivity index (χ2n) is 4.32. The van der Waals surface area contributed by atoms with Gasteiger partial charge in [0.15, 0.2) is 0 Å². The molecule has 1 rings (SSSR count). The number of amides is 1. The van der Waals surface area contributed by atoms with Crippen LogP contribution in [0.25, 0.3) is 0 Å². The summed E-state index contributed by atoms with van der Waals surface area (Å²) < 4.78 is 0. The van der Waals surface area contributed by atoms with Gasteiger partial charge in [-0.05, 0) is 25.3 Å². The van der Waals surface area contributed by atoms with Gasteiger partial charge in [-0.1, -0.05) is 19.8 Å². The van der Waals surface area contributed by atoms with Crippen LogP contribution in [0.15, 0.2) is 0 Å². The van der Waals surface area contributed by atoms with Gasteiger partial charge in [-0.3, -0.25) is 4.79 Å². The molecule has 2 atom stereocenters. The molecule has 1 saturated heterocycles. The summed E-state index contributed by atoms with van der Waals surface area (Å²) in [4.78, 5) is 13.3. The van der Waals surface area contributed by atoms with Gasteiger partial charge in [0.05, 0.1) is 0 Å². The third-order valence-corrected chi connectivity index (χ3v) is 3.22. The fourth-order valence-electron chi connectivity index (χ4n) is 1.81. The summed E-state index contributed by atoms with van der Waals surface area (Å²) in [6.07, 6.45) is 0. The molecule has 1 amide bonds. The maximum atomic E-state index is 11.5. The fraction of sp³-hybridized carbons (Fsp3) is 0.727. The number of carbonyl (C=O) groups is 1. The molecular formula is C11H18N2O. The first-order chi connectivity index (χ1) is 6.53. The molecule has 0 aromatic carbocycles. The predicted molar refractivity (Wildman–Crippen MR) is 56.4 cm³/mol. The highest BCUT2D eigenvalue weighted by atomic mass is 16.2. The Balaban J connectivity index is 2.71. The van der Waals surface area contributed by atoms with E-state index in [0.29, 0.717) is 12.5 Å². The van der Waals surface area contributed by atoms with Gasteiger partial charge < -0.3 is 10.6 Å². The molecule has 2 N–H and O–H groups in total. The van der Waals surface area contributed by atoms with Gasteiger partial charge in [-0.2, -0.15) is 0 Å². The highest BCUT2D eigenvalue weighted by Crippen LogP contribution is 2.34. The summed E-state index contributed by atoms with van der Waals surface area (Å²) in [5.41, 5.74) is 5.78. The van der Waals surface area contributed by atoms with E-state index in [1.165, 1.54) is 0 Å². The predicted octanol–water partition coefficient (Wildman–Crippen LogP) is 0.453. The van der Waals surface area contributed by atoms with Crippen LogP contribution < -0.4 is 5.73 Å². The van der Waals surface area contributed by atoms with E-state index in [4.69, 9.17) is 5.73 Å². The Hall–Kier alpha value is -1.01. The van der Waals surface area contributed by atoms with Crippen molar-refractivity contribution < 1.29 is 4.79 Å². The summed E-state index contributed by atoms with van der Waals surface area (Å²) in [5, 5.41) is 0. The Morgan fingerprint density at radius 1 is 1.71 bits per heavy atom. The lowest BCUT2D eigenvalue weighted by Crippen LogP contribution is -2.35. The molecule has 14 heavy (non-hydrogen) atoms. The van der Waals surface area contributed by atoms with E-state index in [1.807, 2.05) is 0 Å². The van der Waals surface area contributed by atoms with Crippen molar-refractivity contribution in [1.29, 1.82) is 0 Å². The lowest BCUT2D eigenvalue weighted by atomic mass is 9.81. The van der Waals surface area contributed by atoms with Gasteiger partial charge in [-0.25, -0.2) is 0 Å². The zero-order valence-electron chi connectivity index (χ0n) is 9.13.